The van der Waals surface area contributed by atoms with E-state index in [0.29, 0.717) is 0 Å². The molecule has 1 aromatic rings. The van der Waals surface area contributed by atoms with Crippen molar-refractivity contribution in [2.75, 3.05) is 21.2 Å². The fraction of sp³-hybridized carbons (Fsp3) is 0.417. The highest BCUT2D eigenvalue weighted by atomic mass is 16.5. The van der Waals surface area contributed by atoms with Crippen LogP contribution in [0.25, 0.3) is 0 Å². The van der Waals surface area contributed by atoms with Crippen molar-refractivity contribution in [3.05, 3.63) is 29.8 Å². The molecule has 1 atom stereocenters. The van der Waals surface area contributed by atoms with E-state index >= 15 is 0 Å². The van der Waals surface area contributed by atoms with Crippen molar-refractivity contribution >= 4 is 0 Å². The first-order chi connectivity index (χ1) is 7.04. The van der Waals surface area contributed by atoms with Crippen LogP contribution in [0, 0.1) is 11.3 Å². The Morgan fingerprint density at radius 1 is 1.40 bits per heavy atom. The first kappa shape index (κ1) is 11.5. The van der Waals surface area contributed by atoms with Gasteiger partial charge in [0.05, 0.1) is 13.2 Å². The van der Waals surface area contributed by atoms with Gasteiger partial charge < -0.3 is 4.74 Å². The van der Waals surface area contributed by atoms with E-state index in [9.17, 15) is 5.26 Å². The van der Waals surface area contributed by atoms with E-state index in [4.69, 9.17) is 4.74 Å². The van der Waals surface area contributed by atoms with Crippen LogP contribution in [-0.4, -0.2) is 26.1 Å². The first-order valence-electron chi connectivity index (χ1n) is 4.78. The minimum atomic E-state index is -0.617. The monoisotopic (exact) mass is 204 g/mol. The number of rotatable bonds is 3. The van der Waals surface area contributed by atoms with Gasteiger partial charge in [-0.15, -0.1) is 0 Å². The predicted molar refractivity (Wildman–Crippen MR) is 59.6 cm³/mol. The van der Waals surface area contributed by atoms with Gasteiger partial charge in [-0.1, -0.05) is 12.1 Å². The van der Waals surface area contributed by atoms with Gasteiger partial charge in [0.25, 0.3) is 0 Å². The fourth-order valence-electron chi connectivity index (χ4n) is 1.35. The highest BCUT2D eigenvalue weighted by molar-refractivity contribution is 5.36. The second-order valence-electron chi connectivity index (χ2n) is 3.81. The molecule has 0 aromatic heterocycles. The summed E-state index contributed by atoms with van der Waals surface area (Å²) in [6, 6.07) is 9.91. The van der Waals surface area contributed by atoms with Crippen molar-refractivity contribution in [1.82, 2.24) is 4.90 Å². The minimum absolute atomic E-state index is 0.617. The summed E-state index contributed by atoms with van der Waals surface area (Å²) in [6.45, 7) is 1.89. The maximum atomic E-state index is 9.24. The number of nitriles is 1. The average molecular weight is 204 g/mol. The summed E-state index contributed by atoms with van der Waals surface area (Å²) in [7, 11) is 5.41. The molecule has 1 aromatic carbocycles. The molecule has 0 amide bonds. The molecule has 0 aliphatic rings. The van der Waals surface area contributed by atoms with Gasteiger partial charge in [0.15, 0.2) is 0 Å². The molecule has 0 bridgehead atoms. The lowest BCUT2D eigenvalue weighted by Crippen LogP contribution is -2.36. The highest BCUT2D eigenvalue weighted by Gasteiger charge is 2.29. The second kappa shape index (κ2) is 4.33. The third-order valence-electron chi connectivity index (χ3n) is 2.74. The zero-order valence-electron chi connectivity index (χ0n) is 9.61. The van der Waals surface area contributed by atoms with Crippen LogP contribution in [0.2, 0.25) is 0 Å². The number of methoxy groups -OCH3 is 1. The molecule has 0 radical (unpaired) electrons. The molecule has 0 saturated heterocycles. The molecule has 15 heavy (non-hydrogen) atoms. The normalized spacial score (nSPS) is 14.4. The Bertz CT molecular complexity index is 381. The maximum Gasteiger partial charge on any atom is 0.131 e. The molecule has 3 nitrogen and oxygen atoms in total. The minimum Gasteiger partial charge on any atom is -0.497 e. The lowest BCUT2D eigenvalue weighted by atomic mass is 9.92. The molecular formula is C12H16N2O. The second-order valence-corrected chi connectivity index (χ2v) is 3.81. The standard InChI is InChI=1S/C12H16N2O/c1-12(9-13,14(2)3)10-6-5-7-11(8-10)15-4/h5-8H,1-4H3. The summed E-state index contributed by atoms with van der Waals surface area (Å²) in [5.41, 5.74) is 0.323. The predicted octanol–water partition coefficient (Wildman–Crippen LogP) is 2.00. The number of hydrogen-bond acceptors (Lipinski definition) is 3. The Hall–Kier alpha value is -1.53. The fourth-order valence-corrected chi connectivity index (χ4v) is 1.35. The third-order valence-corrected chi connectivity index (χ3v) is 2.74. The van der Waals surface area contributed by atoms with Crippen LogP contribution in [0.1, 0.15) is 12.5 Å². The summed E-state index contributed by atoms with van der Waals surface area (Å²) in [5.74, 6) is 0.774. The highest BCUT2D eigenvalue weighted by Crippen LogP contribution is 2.27. The van der Waals surface area contributed by atoms with Gasteiger partial charge in [0.1, 0.15) is 11.3 Å². The Labute approximate surface area is 90.9 Å². The smallest absolute Gasteiger partial charge is 0.131 e. The van der Waals surface area contributed by atoms with Crippen LogP contribution < -0.4 is 4.74 Å². The summed E-state index contributed by atoms with van der Waals surface area (Å²) in [6.07, 6.45) is 0. The van der Waals surface area contributed by atoms with E-state index in [1.807, 2.05) is 50.2 Å². The molecule has 80 valence electrons. The van der Waals surface area contributed by atoms with Crippen LogP contribution in [0.3, 0.4) is 0 Å². The molecule has 0 saturated carbocycles. The molecule has 0 heterocycles. The summed E-state index contributed by atoms with van der Waals surface area (Å²) < 4.78 is 5.15. The van der Waals surface area contributed by atoms with Crippen molar-refractivity contribution in [3.63, 3.8) is 0 Å². The summed E-state index contributed by atoms with van der Waals surface area (Å²) in [5, 5.41) is 9.24. The Kier molecular flexibility index (Phi) is 3.33. The molecule has 1 rings (SSSR count). The molecule has 0 aliphatic heterocycles. The Morgan fingerprint density at radius 3 is 2.53 bits per heavy atom. The van der Waals surface area contributed by atoms with Gasteiger partial charge in [0, 0.05) is 0 Å². The van der Waals surface area contributed by atoms with Gasteiger partial charge in [-0.25, -0.2) is 0 Å². The Balaban J connectivity index is 3.19. The van der Waals surface area contributed by atoms with Crippen LogP contribution in [0.4, 0.5) is 0 Å². The van der Waals surface area contributed by atoms with Crippen molar-refractivity contribution in [1.29, 1.82) is 5.26 Å². The largest absolute Gasteiger partial charge is 0.497 e. The molecular weight excluding hydrogens is 188 g/mol. The summed E-state index contributed by atoms with van der Waals surface area (Å²) >= 11 is 0. The van der Waals surface area contributed by atoms with Gasteiger partial charge >= 0.3 is 0 Å². The van der Waals surface area contributed by atoms with Crippen molar-refractivity contribution in [2.45, 2.75) is 12.5 Å². The lowest BCUT2D eigenvalue weighted by Gasteiger charge is -2.29. The van der Waals surface area contributed by atoms with Crippen LogP contribution >= 0.6 is 0 Å². The zero-order valence-corrected chi connectivity index (χ0v) is 9.61. The van der Waals surface area contributed by atoms with E-state index in [-0.39, 0.29) is 0 Å². The Morgan fingerprint density at radius 2 is 2.07 bits per heavy atom. The topological polar surface area (TPSA) is 36.3 Å². The van der Waals surface area contributed by atoms with Crippen molar-refractivity contribution < 1.29 is 4.74 Å². The number of ether oxygens (including phenoxy) is 1. The number of benzene rings is 1. The van der Waals surface area contributed by atoms with E-state index in [1.165, 1.54) is 0 Å². The quantitative estimate of drug-likeness (QED) is 0.755. The molecule has 0 N–H and O–H groups in total. The van der Waals surface area contributed by atoms with E-state index in [1.54, 1.807) is 7.11 Å². The van der Waals surface area contributed by atoms with Gasteiger partial charge in [-0.2, -0.15) is 5.26 Å². The molecule has 3 heteroatoms. The average Bonchev–Trinajstić information content (AvgIpc) is 2.27. The van der Waals surface area contributed by atoms with Gasteiger partial charge in [0.2, 0.25) is 0 Å². The van der Waals surface area contributed by atoms with Crippen LogP contribution in [0.15, 0.2) is 24.3 Å². The van der Waals surface area contributed by atoms with Crippen LogP contribution in [0.5, 0.6) is 5.75 Å². The van der Waals surface area contributed by atoms with E-state index in [0.717, 1.165) is 11.3 Å². The first-order valence-corrected chi connectivity index (χ1v) is 4.78. The van der Waals surface area contributed by atoms with E-state index in [2.05, 4.69) is 6.07 Å². The lowest BCUT2D eigenvalue weighted by molar-refractivity contribution is 0.240. The number of hydrogen-bond donors (Lipinski definition) is 0. The van der Waals surface area contributed by atoms with Crippen LogP contribution in [-0.2, 0) is 5.54 Å². The third kappa shape index (κ3) is 2.11. The van der Waals surface area contributed by atoms with Gasteiger partial charge in [-0.05, 0) is 38.7 Å². The van der Waals surface area contributed by atoms with Crippen molar-refractivity contribution in [2.24, 2.45) is 0 Å². The molecule has 1 unspecified atom stereocenters. The van der Waals surface area contributed by atoms with E-state index < -0.39 is 5.54 Å². The molecule has 0 spiro atoms. The maximum absolute atomic E-state index is 9.24. The molecule has 0 aliphatic carbocycles. The van der Waals surface area contributed by atoms with Crippen molar-refractivity contribution in [3.8, 4) is 11.8 Å². The SMILES string of the molecule is COc1cccc(C(C)(C#N)N(C)C)c1. The van der Waals surface area contributed by atoms with Gasteiger partial charge in [-0.3, -0.25) is 4.90 Å². The number of nitrogens with zero attached hydrogens (tertiary/aromatic N) is 2. The zero-order chi connectivity index (χ0) is 11.5. The molecule has 0 fully saturated rings. The summed E-state index contributed by atoms with van der Waals surface area (Å²) in [4.78, 5) is 1.89.